The van der Waals surface area contributed by atoms with Crippen LogP contribution in [-0.4, -0.2) is 13.0 Å². The van der Waals surface area contributed by atoms with Crippen molar-refractivity contribution >= 4 is 17.3 Å². The van der Waals surface area contributed by atoms with Crippen molar-refractivity contribution in [2.75, 3.05) is 17.7 Å². The quantitative estimate of drug-likeness (QED) is 0.904. The minimum absolute atomic E-state index is 0.193. The summed E-state index contributed by atoms with van der Waals surface area (Å²) in [5.41, 5.74) is 4.46. The molecule has 0 spiro atoms. The molecule has 2 N–H and O–H groups in total. The molecule has 0 saturated carbocycles. The molecule has 0 aliphatic heterocycles. The largest absolute Gasteiger partial charge is 0.387 e. The highest BCUT2D eigenvalue weighted by atomic mass is 16.1. The number of hydrogen-bond acceptors (Lipinski definition) is 3. The van der Waals surface area contributed by atoms with Crippen molar-refractivity contribution in [3.63, 3.8) is 0 Å². The standard InChI is InChI=1S/C17H17N3O/c1-11-4-7-15(19-3)14(8-11)17(21)20-16-9-13(10-18)6-5-12(16)2/h4-9,19H,1-3H3,(H,20,21). The highest BCUT2D eigenvalue weighted by molar-refractivity contribution is 6.08. The number of hydrogen-bond donors (Lipinski definition) is 2. The molecule has 0 aliphatic carbocycles. The summed E-state index contributed by atoms with van der Waals surface area (Å²) in [6.07, 6.45) is 0. The minimum Gasteiger partial charge on any atom is -0.387 e. The van der Waals surface area contributed by atoms with E-state index in [0.29, 0.717) is 16.8 Å². The van der Waals surface area contributed by atoms with Gasteiger partial charge in [-0.05, 0) is 43.7 Å². The first-order valence-corrected chi connectivity index (χ1v) is 6.65. The zero-order valence-corrected chi connectivity index (χ0v) is 12.3. The van der Waals surface area contributed by atoms with Crippen LogP contribution in [0.4, 0.5) is 11.4 Å². The molecule has 0 unspecified atom stereocenters. The Labute approximate surface area is 124 Å². The molecule has 2 rings (SSSR count). The zero-order chi connectivity index (χ0) is 15.4. The fourth-order valence-electron chi connectivity index (χ4n) is 2.08. The Hall–Kier alpha value is -2.80. The van der Waals surface area contributed by atoms with Gasteiger partial charge in [0.1, 0.15) is 0 Å². The van der Waals surface area contributed by atoms with E-state index in [2.05, 4.69) is 16.7 Å². The lowest BCUT2D eigenvalue weighted by Crippen LogP contribution is -2.15. The van der Waals surface area contributed by atoms with Gasteiger partial charge in [0.25, 0.3) is 5.91 Å². The van der Waals surface area contributed by atoms with Crippen molar-refractivity contribution in [2.24, 2.45) is 0 Å². The maximum Gasteiger partial charge on any atom is 0.257 e. The van der Waals surface area contributed by atoms with Crippen LogP contribution in [-0.2, 0) is 0 Å². The van der Waals surface area contributed by atoms with E-state index >= 15 is 0 Å². The van der Waals surface area contributed by atoms with E-state index in [1.807, 2.05) is 38.1 Å². The van der Waals surface area contributed by atoms with Crippen LogP contribution in [0.25, 0.3) is 0 Å². The molecule has 4 heteroatoms. The first-order chi connectivity index (χ1) is 10.0. The Balaban J connectivity index is 2.35. The fraction of sp³-hybridized carbons (Fsp3) is 0.176. The van der Waals surface area contributed by atoms with Gasteiger partial charge in [0.05, 0.1) is 17.2 Å². The maximum absolute atomic E-state index is 12.5. The van der Waals surface area contributed by atoms with Crippen LogP contribution in [0.2, 0.25) is 0 Å². The number of carbonyl (C=O) groups excluding carboxylic acids is 1. The van der Waals surface area contributed by atoms with E-state index in [9.17, 15) is 4.79 Å². The summed E-state index contributed by atoms with van der Waals surface area (Å²) >= 11 is 0. The molecule has 0 radical (unpaired) electrons. The number of aryl methyl sites for hydroxylation is 2. The molecule has 0 atom stereocenters. The molecule has 2 aromatic rings. The first-order valence-electron chi connectivity index (χ1n) is 6.65. The van der Waals surface area contributed by atoms with Crippen molar-refractivity contribution in [2.45, 2.75) is 13.8 Å². The number of nitriles is 1. The molecule has 0 saturated heterocycles. The lowest BCUT2D eigenvalue weighted by Gasteiger charge is -2.12. The molecule has 2 aromatic carbocycles. The Morgan fingerprint density at radius 1 is 1.10 bits per heavy atom. The SMILES string of the molecule is CNc1ccc(C)cc1C(=O)Nc1cc(C#N)ccc1C. The van der Waals surface area contributed by atoms with Gasteiger partial charge < -0.3 is 10.6 Å². The summed E-state index contributed by atoms with van der Waals surface area (Å²) in [4.78, 5) is 12.5. The van der Waals surface area contributed by atoms with E-state index in [1.165, 1.54) is 0 Å². The molecule has 0 fully saturated rings. The van der Waals surface area contributed by atoms with Crippen LogP contribution < -0.4 is 10.6 Å². The predicted octanol–water partition coefficient (Wildman–Crippen LogP) is 3.47. The van der Waals surface area contributed by atoms with E-state index in [-0.39, 0.29) is 5.91 Å². The predicted molar refractivity (Wildman–Crippen MR) is 84.6 cm³/mol. The van der Waals surface area contributed by atoms with Gasteiger partial charge in [-0.1, -0.05) is 17.7 Å². The van der Waals surface area contributed by atoms with E-state index < -0.39 is 0 Å². The van der Waals surface area contributed by atoms with Crippen molar-refractivity contribution in [1.82, 2.24) is 0 Å². The van der Waals surface area contributed by atoms with Crippen LogP contribution in [0, 0.1) is 25.2 Å². The van der Waals surface area contributed by atoms with Gasteiger partial charge in [0, 0.05) is 18.4 Å². The van der Waals surface area contributed by atoms with Crippen molar-refractivity contribution in [3.8, 4) is 6.07 Å². The van der Waals surface area contributed by atoms with Crippen molar-refractivity contribution in [3.05, 3.63) is 58.7 Å². The van der Waals surface area contributed by atoms with E-state index in [0.717, 1.165) is 16.8 Å². The molecule has 0 aromatic heterocycles. The van der Waals surface area contributed by atoms with Crippen LogP contribution in [0.15, 0.2) is 36.4 Å². The number of anilines is 2. The van der Waals surface area contributed by atoms with Crippen molar-refractivity contribution < 1.29 is 4.79 Å². The van der Waals surface area contributed by atoms with Crippen LogP contribution >= 0.6 is 0 Å². The monoisotopic (exact) mass is 279 g/mol. The molecule has 4 nitrogen and oxygen atoms in total. The summed E-state index contributed by atoms with van der Waals surface area (Å²) < 4.78 is 0. The Bertz CT molecular complexity index is 729. The van der Waals surface area contributed by atoms with Crippen LogP contribution in [0.3, 0.4) is 0 Å². The zero-order valence-electron chi connectivity index (χ0n) is 12.3. The van der Waals surface area contributed by atoms with Gasteiger partial charge in [-0.3, -0.25) is 4.79 Å². The summed E-state index contributed by atoms with van der Waals surface area (Å²) in [6.45, 7) is 3.84. The normalized spacial score (nSPS) is 9.81. The molecule has 0 heterocycles. The summed E-state index contributed by atoms with van der Waals surface area (Å²) in [5, 5.41) is 14.8. The number of nitrogens with one attached hydrogen (secondary N) is 2. The summed E-state index contributed by atoms with van der Waals surface area (Å²) in [5.74, 6) is -0.193. The first kappa shape index (κ1) is 14.6. The van der Waals surface area contributed by atoms with E-state index in [1.54, 1.807) is 19.2 Å². The van der Waals surface area contributed by atoms with Crippen molar-refractivity contribution in [1.29, 1.82) is 5.26 Å². The molecule has 0 aliphatic rings. The topological polar surface area (TPSA) is 64.9 Å². The van der Waals surface area contributed by atoms with E-state index in [4.69, 9.17) is 5.26 Å². The number of nitrogens with zero attached hydrogens (tertiary/aromatic N) is 1. The van der Waals surface area contributed by atoms with Crippen LogP contribution in [0.5, 0.6) is 0 Å². The van der Waals surface area contributed by atoms with Crippen LogP contribution in [0.1, 0.15) is 27.0 Å². The number of amides is 1. The van der Waals surface area contributed by atoms with Gasteiger partial charge in [0.2, 0.25) is 0 Å². The number of rotatable bonds is 3. The average molecular weight is 279 g/mol. The highest BCUT2D eigenvalue weighted by Crippen LogP contribution is 2.21. The lowest BCUT2D eigenvalue weighted by atomic mass is 10.1. The molecule has 0 bridgehead atoms. The van der Waals surface area contributed by atoms with Gasteiger partial charge in [-0.2, -0.15) is 5.26 Å². The Kier molecular flexibility index (Phi) is 4.24. The van der Waals surface area contributed by atoms with Gasteiger partial charge in [-0.15, -0.1) is 0 Å². The lowest BCUT2D eigenvalue weighted by molar-refractivity contribution is 0.102. The second-order valence-corrected chi connectivity index (χ2v) is 4.89. The molecule has 106 valence electrons. The van der Waals surface area contributed by atoms with Gasteiger partial charge in [-0.25, -0.2) is 0 Å². The molecular formula is C17H17N3O. The summed E-state index contributed by atoms with van der Waals surface area (Å²) in [7, 11) is 1.78. The smallest absolute Gasteiger partial charge is 0.257 e. The minimum atomic E-state index is -0.193. The fourth-order valence-corrected chi connectivity index (χ4v) is 2.08. The second-order valence-electron chi connectivity index (χ2n) is 4.89. The average Bonchev–Trinajstić information content (AvgIpc) is 2.49. The molecule has 1 amide bonds. The molecule has 21 heavy (non-hydrogen) atoms. The number of carbonyl (C=O) groups is 1. The third-order valence-electron chi connectivity index (χ3n) is 3.30. The Morgan fingerprint density at radius 3 is 2.52 bits per heavy atom. The number of benzene rings is 2. The maximum atomic E-state index is 12.5. The molecular weight excluding hydrogens is 262 g/mol. The third kappa shape index (κ3) is 3.21. The Morgan fingerprint density at radius 2 is 1.86 bits per heavy atom. The highest BCUT2D eigenvalue weighted by Gasteiger charge is 2.12. The second kappa shape index (κ2) is 6.10. The third-order valence-corrected chi connectivity index (χ3v) is 3.30. The van der Waals surface area contributed by atoms with Gasteiger partial charge >= 0.3 is 0 Å². The summed E-state index contributed by atoms with van der Waals surface area (Å²) in [6, 6.07) is 13.0. The van der Waals surface area contributed by atoms with Gasteiger partial charge in [0.15, 0.2) is 0 Å².